The smallest absolute Gasteiger partial charge is 0.313 e. The van der Waals surface area contributed by atoms with E-state index in [9.17, 15) is 18.4 Å². The number of rotatable bonds is 4. The lowest BCUT2D eigenvalue weighted by atomic mass is 10.2. The van der Waals surface area contributed by atoms with Gasteiger partial charge in [0.25, 0.3) is 0 Å². The molecule has 0 saturated heterocycles. The first kappa shape index (κ1) is 16.4. The SMILES string of the molecule is COc1cccc(CNC(=O)C(=O)Nc2cccc(F)c2F)c1. The molecule has 2 aromatic rings. The van der Waals surface area contributed by atoms with Gasteiger partial charge in [0, 0.05) is 6.54 Å². The van der Waals surface area contributed by atoms with E-state index in [4.69, 9.17) is 4.74 Å². The zero-order valence-corrected chi connectivity index (χ0v) is 12.2. The number of amides is 2. The fraction of sp³-hybridized carbons (Fsp3) is 0.125. The molecular formula is C16H14F2N2O3. The Labute approximate surface area is 131 Å². The second-order valence-corrected chi connectivity index (χ2v) is 4.59. The number of hydrogen-bond donors (Lipinski definition) is 2. The number of benzene rings is 2. The minimum Gasteiger partial charge on any atom is -0.497 e. The Morgan fingerprint density at radius 3 is 2.57 bits per heavy atom. The highest BCUT2D eigenvalue weighted by atomic mass is 19.2. The maximum atomic E-state index is 13.4. The molecule has 0 radical (unpaired) electrons. The molecule has 2 rings (SSSR count). The normalized spacial score (nSPS) is 10.0. The Bertz CT molecular complexity index is 735. The average molecular weight is 320 g/mol. The Morgan fingerprint density at radius 1 is 1.09 bits per heavy atom. The molecule has 5 nitrogen and oxygen atoms in total. The van der Waals surface area contributed by atoms with E-state index in [1.54, 1.807) is 24.3 Å². The summed E-state index contributed by atoms with van der Waals surface area (Å²) in [6.45, 7) is 0.0923. The van der Waals surface area contributed by atoms with Gasteiger partial charge in [0.15, 0.2) is 11.6 Å². The first-order valence-electron chi connectivity index (χ1n) is 6.67. The van der Waals surface area contributed by atoms with Crippen LogP contribution in [0.3, 0.4) is 0 Å². The predicted octanol–water partition coefficient (Wildman–Crippen LogP) is 2.23. The summed E-state index contributed by atoms with van der Waals surface area (Å²) >= 11 is 0. The average Bonchev–Trinajstić information content (AvgIpc) is 2.57. The Morgan fingerprint density at radius 2 is 1.83 bits per heavy atom. The number of nitrogens with one attached hydrogen (secondary N) is 2. The van der Waals surface area contributed by atoms with E-state index in [-0.39, 0.29) is 6.54 Å². The summed E-state index contributed by atoms with van der Waals surface area (Å²) in [5, 5.41) is 4.40. The zero-order chi connectivity index (χ0) is 16.8. The van der Waals surface area contributed by atoms with Crippen molar-refractivity contribution in [2.75, 3.05) is 12.4 Å². The van der Waals surface area contributed by atoms with Crippen molar-refractivity contribution >= 4 is 17.5 Å². The van der Waals surface area contributed by atoms with E-state index in [0.29, 0.717) is 5.75 Å². The van der Waals surface area contributed by atoms with Crippen LogP contribution in [-0.4, -0.2) is 18.9 Å². The first-order valence-corrected chi connectivity index (χ1v) is 6.67. The number of anilines is 1. The van der Waals surface area contributed by atoms with Gasteiger partial charge in [0.05, 0.1) is 12.8 Å². The van der Waals surface area contributed by atoms with Crippen LogP contribution in [0, 0.1) is 11.6 Å². The molecular weight excluding hydrogens is 306 g/mol. The van der Waals surface area contributed by atoms with Crippen LogP contribution in [0.1, 0.15) is 5.56 Å². The summed E-state index contributed by atoms with van der Waals surface area (Å²) in [4.78, 5) is 23.4. The molecule has 0 aliphatic carbocycles. The van der Waals surface area contributed by atoms with Crippen molar-refractivity contribution in [3.8, 4) is 5.75 Å². The molecule has 0 aliphatic heterocycles. The highest BCUT2D eigenvalue weighted by Gasteiger charge is 2.16. The van der Waals surface area contributed by atoms with Gasteiger partial charge >= 0.3 is 11.8 Å². The van der Waals surface area contributed by atoms with Crippen molar-refractivity contribution in [1.82, 2.24) is 5.32 Å². The van der Waals surface area contributed by atoms with Crippen LogP contribution in [0.4, 0.5) is 14.5 Å². The maximum Gasteiger partial charge on any atom is 0.313 e. The topological polar surface area (TPSA) is 67.4 Å². The largest absolute Gasteiger partial charge is 0.497 e. The molecule has 0 fully saturated rings. The fourth-order valence-electron chi connectivity index (χ4n) is 1.82. The van der Waals surface area contributed by atoms with Gasteiger partial charge in [-0.2, -0.15) is 0 Å². The molecule has 0 unspecified atom stereocenters. The summed E-state index contributed by atoms with van der Waals surface area (Å²) in [5.74, 6) is -3.77. The van der Waals surface area contributed by atoms with Gasteiger partial charge in [0.1, 0.15) is 5.75 Å². The Hall–Kier alpha value is -2.96. The minimum absolute atomic E-state index is 0.0923. The standard InChI is InChI=1S/C16H14F2N2O3/c1-23-11-5-2-4-10(8-11)9-19-15(21)16(22)20-13-7-3-6-12(17)14(13)18/h2-8H,9H2,1H3,(H,19,21)(H,20,22). The second-order valence-electron chi connectivity index (χ2n) is 4.59. The monoisotopic (exact) mass is 320 g/mol. The molecule has 0 bridgehead atoms. The number of hydrogen-bond acceptors (Lipinski definition) is 3. The lowest BCUT2D eigenvalue weighted by Crippen LogP contribution is -2.35. The van der Waals surface area contributed by atoms with Crippen molar-refractivity contribution in [1.29, 1.82) is 0 Å². The Balaban J connectivity index is 1.95. The van der Waals surface area contributed by atoms with Gasteiger partial charge in [-0.05, 0) is 29.8 Å². The van der Waals surface area contributed by atoms with Crippen molar-refractivity contribution in [3.63, 3.8) is 0 Å². The Kier molecular flexibility index (Phi) is 5.24. The van der Waals surface area contributed by atoms with Gasteiger partial charge in [-0.3, -0.25) is 9.59 Å². The van der Waals surface area contributed by atoms with Crippen LogP contribution in [0.15, 0.2) is 42.5 Å². The van der Waals surface area contributed by atoms with E-state index in [1.807, 2.05) is 5.32 Å². The number of ether oxygens (including phenoxy) is 1. The third-order valence-electron chi connectivity index (χ3n) is 2.99. The molecule has 0 heterocycles. The van der Waals surface area contributed by atoms with Crippen LogP contribution >= 0.6 is 0 Å². The summed E-state index contributed by atoms with van der Waals surface area (Å²) in [7, 11) is 1.51. The maximum absolute atomic E-state index is 13.4. The molecule has 2 amide bonds. The van der Waals surface area contributed by atoms with Crippen LogP contribution in [0.2, 0.25) is 0 Å². The minimum atomic E-state index is -1.22. The van der Waals surface area contributed by atoms with Crippen LogP contribution < -0.4 is 15.4 Å². The molecule has 7 heteroatoms. The summed E-state index contributed by atoms with van der Waals surface area (Å²) in [6, 6.07) is 10.2. The van der Waals surface area contributed by atoms with E-state index in [0.717, 1.165) is 17.7 Å². The molecule has 2 aromatic carbocycles. The van der Waals surface area contributed by atoms with Gasteiger partial charge in [-0.1, -0.05) is 18.2 Å². The highest BCUT2D eigenvalue weighted by Crippen LogP contribution is 2.16. The van der Waals surface area contributed by atoms with Gasteiger partial charge in [-0.15, -0.1) is 0 Å². The summed E-state index contributed by atoms with van der Waals surface area (Å²) in [5.41, 5.74) is 0.328. The molecule has 0 atom stereocenters. The number of carbonyl (C=O) groups excluding carboxylic acids is 2. The number of carbonyl (C=O) groups is 2. The van der Waals surface area contributed by atoms with Crippen molar-refractivity contribution in [3.05, 3.63) is 59.7 Å². The molecule has 0 spiro atoms. The quantitative estimate of drug-likeness (QED) is 0.849. The first-order chi connectivity index (χ1) is 11.0. The van der Waals surface area contributed by atoms with Crippen molar-refractivity contribution in [2.24, 2.45) is 0 Å². The number of methoxy groups -OCH3 is 1. The molecule has 120 valence electrons. The summed E-state index contributed by atoms with van der Waals surface area (Å²) < 4.78 is 31.5. The van der Waals surface area contributed by atoms with Crippen molar-refractivity contribution < 1.29 is 23.1 Å². The van der Waals surface area contributed by atoms with Gasteiger partial charge < -0.3 is 15.4 Å². The zero-order valence-electron chi connectivity index (χ0n) is 12.2. The van der Waals surface area contributed by atoms with Crippen LogP contribution in [0.5, 0.6) is 5.75 Å². The molecule has 0 aliphatic rings. The highest BCUT2D eigenvalue weighted by molar-refractivity contribution is 6.39. The molecule has 0 aromatic heterocycles. The number of halogens is 2. The second kappa shape index (κ2) is 7.35. The lowest BCUT2D eigenvalue weighted by Gasteiger charge is -2.08. The fourth-order valence-corrected chi connectivity index (χ4v) is 1.82. The van der Waals surface area contributed by atoms with Crippen LogP contribution in [-0.2, 0) is 16.1 Å². The lowest BCUT2D eigenvalue weighted by molar-refractivity contribution is -0.136. The third kappa shape index (κ3) is 4.26. The van der Waals surface area contributed by atoms with Crippen molar-refractivity contribution in [2.45, 2.75) is 6.54 Å². The molecule has 23 heavy (non-hydrogen) atoms. The van der Waals surface area contributed by atoms with Gasteiger partial charge in [-0.25, -0.2) is 8.78 Å². The van der Waals surface area contributed by atoms with E-state index in [2.05, 4.69) is 5.32 Å². The third-order valence-corrected chi connectivity index (χ3v) is 2.99. The van der Waals surface area contributed by atoms with Gasteiger partial charge in [0.2, 0.25) is 0 Å². The predicted molar refractivity (Wildman–Crippen MR) is 79.8 cm³/mol. The molecule has 0 saturated carbocycles. The summed E-state index contributed by atoms with van der Waals surface area (Å²) in [6.07, 6.45) is 0. The van der Waals surface area contributed by atoms with E-state index >= 15 is 0 Å². The van der Waals surface area contributed by atoms with E-state index < -0.39 is 29.1 Å². The van der Waals surface area contributed by atoms with E-state index in [1.165, 1.54) is 13.2 Å². The van der Waals surface area contributed by atoms with Crippen LogP contribution in [0.25, 0.3) is 0 Å². The molecule has 2 N–H and O–H groups in total.